The van der Waals surface area contributed by atoms with Crippen molar-refractivity contribution in [3.8, 4) is 5.75 Å². The van der Waals surface area contributed by atoms with Crippen molar-refractivity contribution in [2.45, 2.75) is 52.2 Å². The molecule has 0 bridgehead atoms. The fourth-order valence-electron chi connectivity index (χ4n) is 3.01. The van der Waals surface area contributed by atoms with Crippen LogP contribution in [0, 0.1) is 11.8 Å². The van der Waals surface area contributed by atoms with Crippen LogP contribution in [0.5, 0.6) is 5.75 Å². The first-order chi connectivity index (χ1) is 8.54. The molecule has 0 aromatic heterocycles. The van der Waals surface area contributed by atoms with E-state index in [-0.39, 0.29) is 6.04 Å². The highest BCUT2D eigenvalue weighted by Crippen LogP contribution is 2.31. The van der Waals surface area contributed by atoms with Crippen LogP contribution in [0.1, 0.15) is 51.6 Å². The molecule has 2 N–H and O–H groups in total. The van der Waals surface area contributed by atoms with E-state index in [0.717, 1.165) is 23.1 Å². The van der Waals surface area contributed by atoms with Gasteiger partial charge in [-0.05, 0) is 55.7 Å². The number of rotatable bonds is 3. The van der Waals surface area contributed by atoms with Gasteiger partial charge in [0.25, 0.3) is 0 Å². The summed E-state index contributed by atoms with van der Waals surface area (Å²) >= 11 is 0. The lowest BCUT2D eigenvalue weighted by atomic mass is 9.82. The van der Waals surface area contributed by atoms with Crippen LogP contribution in [0.25, 0.3) is 0 Å². The molecule has 0 heterocycles. The fourth-order valence-corrected chi connectivity index (χ4v) is 3.01. The highest BCUT2D eigenvalue weighted by molar-refractivity contribution is 5.28. The second-order valence-corrected chi connectivity index (χ2v) is 6.02. The monoisotopic (exact) mass is 247 g/mol. The third-order valence-electron chi connectivity index (χ3n) is 3.84. The third kappa shape index (κ3) is 3.49. The Morgan fingerprint density at radius 3 is 2.11 bits per heavy atom. The first-order valence-corrected chi connectivity index (χ1v) is 7.06. The molecule has 0 amide bonds. The molecule has 1 fully saturated rings. The van der Waals surface area contributed by atoms with Gasteiger partial charge in [0.2, 0.25) is 0 Å². The van der Waals surface area contributed by atoms with Gasteiger partial charge in [0.05, 0.1) is 6.10 Å². The topological polar surface area (TPSA) is 35.2 Å². The van der Waals surface area contributed by atoms with Gasteiger partial charge >= 0.3 is 0 Å². The van der Waals surface area contributed by atoms with E-state index in [0.29, 0.717) is 6.10 Å². The molecule has 1 aliphatic rings. The van der Waals surface area contributed by atoms with Crippen molar-refractivity contribution in [1.29, 1.82) is 0 Å². The van der Waals surface area contributed by atoms with Crippen LogP contribution in [0.2, 0.25) is 0 Å². The molecule has 0 spiro atoms. The Bertz CT molecular complexity index is 361. The highest BCUT2D eigenvalue weighted by atomic mass is 16.5. The van der Waals surface area contributed by atoms with Crippen LogP contribution in [0.4, 0.5) is 0 Å². The molecular weight excluding hydrogens is 222 g/mol. The average molecular weight is 247 g/mol. The maximum absolute atomic E-state index is 6.09. The summed E-state index contributed by atoms with van der Waals surface area (Å²) in [4.78, 5) is 0. The number of hydrogen-bond acceptors (Lipinski definition) is 2. The van der Waals surface area contributed by atoms with Crippen molar-refractivity contribution in [2.75, 3.05) is 0 Å². The van der Waals surface area contributed by atoms with E-state index < -0.39 is 0 Å². The lowest BCUT2D eigenvalue weighted by Gasteiger charge is -2.31. The van der Waals surface area contributed by atoms with E-state index in [1.807, 2.05) is 19.1 Å². The van der Waals surface area contributed by atoms with E-state index in [2.05, 4.69) is 26.0 Å². The maximum Gasteiger partial charge on any atom is 0.119 e. The summed E-state index contributed by atoms with van der Waals surface area (Å²) in [5.41, 5.74) is 7.00. The summed E-state index contributed by atoms with van der Waals surface area (Å²) in [6.07, 6.45) is 4.08. The molecule has 2 heteroatoms. The molecule has 2 rings (SSSR count). The SMILES string of the molecule is CC1CC(C)CC(Oc2ccc([C@@H](C)N)cc2)C1. The van der Waals surface area contributed by atoms with Crippen molar-refractivity contribution >= 4 is 0 Å². The first-order valence-electron chi connectivity index (χ1n) is 7.06. The quantitative estimate of drug-likeness (QED) is 0.879. The highest BCUT2D eigenvalue weighted by Gasteiger charge is 2.25. The molecule has 2 nitrogen and oxygen atoms in total. The summed E-state index contributed by atoms with van der Waals surface area (Å²) < 4.78 is 6.09. The Morgan fingerprint density at radius 2 is 1.61 bits per heavy atom. The van der Waals surface area contributed by atoms with Gasteiger partial charge in [-0.2, -0.15) is 0 Å². The summed E-state index contributed by atoms with van der Waals surface area (Å²) in [5.74, 6) is 2.54. The largest absolute Gasteiger partial charge is 0.490 e. The average Bonchev–Trinajstić information content (AvgIpc) is 2.28. The Kier molecular flexibility index (Phi) is 4.28. The Hall–Kier alpha value is -1.02. The van der Waals surface area contributed by atoms with E-state index >= 15 is 0 Å². The molecule has 1 aromatic carbocycles. The molecule has 0 aliphatic heterocycles. The van der Waals surface area contributed by atoms with Crippen molar-refractivity contribution in [2.24, 2.45) is 17.6 Å². The van der Waals surface area contributed by atoms with Gasteiger partial charge in [0, 0.05) is 6.04 Å². The molecular formula is C16H25NO. The molecule has 0 radical (unpaired) electrons. The van der Waals surface area contributed by atoms with Crippen LogP contribution in [-0.4, -0.2) is 6.10 Å². The van der Waals surface area contributed by atoms with E-state index in [4.69, 9.17) is 10.5 Å². The normalized spacial score (nSPS) is 29.9. The van der Waals surface area contributed by atoms with Gasteiger partial charge in [0.15, 0.2) is 0 Å². The Balaban J connectivity index is 1.96. The van der Waals surface area contributed by atoms with Crippen LogP contribution >= 0.6 is 0 Å². The molecule has 100 valence electrons. The number of nitrogens with two attached hydrogens (primary N) is 1. The minimum absolute atomic E-state index is 0.0915. The summed E-state index contributed by atoms with van der Waals surface area (Å²) in [5, 5.41) is 0. The smallest absolute Gasteiger partial charge is 0.119 e. The Morgan fingerprint density at radius 1 is 1.06 bits per heavy atom. The third-order valence-corrected chi connectivity index (χ3v) is 3.84. The van der Waals surface area contributed by atoms with E-state index in [1.54, 1.807) is 0 Å². The van der Waals surface area contributed by atoms with E-state index in [9.17, 15) is 0 Å². The van der Waals surface area contributed by atoms with Gasteiger partial charge < -0.3 is 10.5 Å². The van der Waals surface area contributed by atoms with Crippen molar-refractivity contribution in [3.63, 3.8) is 0 Å². The van der Waals surface area contributed by atoms with Crippen molar-refractivity contribution in [1.82, 2.24) is 0 Å². The first kappa shape index (κ1) is 13.4. The molecule has 1 aromatic rings. The van der Waals surface area contributed by atoms with Crippen LogP contribution in [-0.2, 0) is 0 Å². The number of hydrogen-bond donors (Lipinski definition) is 1. The zero-order chi connectivity index (χ0) is 13.1. The summed E-state index contributed by atoms with van der Waals surface area (Å²) in [6, 6.07) is 8.31. The molecule has 3 atom stereocenters. The lowest BCUT2D eigenvalue weighted by Crippen LogP contribution is -2.28. The van der Waals surface area contributed by atoms with Crippen LogP contribution in [0.3, 0.4) is 0 Å². The van der Waals surface area contributed by atoms with Gasteiger partial charge in [0.1, 0.15) is 5.75 Å². The van der Waals surface area contributed by atoms with Gasteiger partial charge in [-0.1, -0.05) is 26.0 Å². The van der Waals surface area contributed by atoms with Gasteiger partial charge in [-0.3, -0.25) is 0 Å². The van der Waals surface area contributed by atoms with Crippen LogP contribution in [0.15, 0.2) is 24.3 Å². The molecule has 1 aliphatic carbocycles. The molecule has 1 saturated carbocycles. The predicted octanol–water partition coefficient (Wildman–Crippen LogP) is 3.91. The second kappa shape index (κ2) is 5.75. The van der Waals surface area contributed by atoms with Crippen molar-refractivity contribution < 1.29 is 4.74 Å². The fraction of sp³-hybridized carbons (Fsp3) is 0.625. The molecule has 0 saturated heterocycles. The standard InChI is InChI=1S/C16H25NO/c1-11-8-12(2)10-16(9-11)18-15-6-4-14(5-7-15)13(3)17/h4-7,11-13,16H,8-10,17H2,1-3H3/t11?,12?,13-,16?/m1/s1. The number of benzene rings is 1. The second-order valence-electron chi connectivity index (χ2n) is 6.02. The summed E-state index contributed by atoms with van der Waals surface area (Å²) in [7, 11) is 0. The van der Waals surface area contributed by atoms with E-state index in [1.165, 1.54) is 19.3 Å². The van der Waals surface area contributed by atoms with Crippen LogP contribution < -0.4 is 10.5 Å². The van der Waals surface area contributed by atoms with Crippen molar-refractivity contribution in [3.05, 3.63) is 29.8 Å². The zero-order valence-corrected chi connectivity index (χ0v) is 11.7. The Labute approximate surface area is 111 Å². The number of ether oxygens (including phenoxy) is 1. The summed E-state index contributed by atoms with van der Waals surface area (Å²) in [6.45, 7) is 6.65. The molecule has 18 heavy (non-hydrogen) atoms. The lowest BCUT2D eigenvalue weighted by molar-refractivity contribution is 0.101. The van der Waals surface area contributed by atoms with Gasteiger partial charge in [-0.15, -0.1) is 0 Å². The minimum atomic E-state index is 0.0915. The predicted molar refractivity (Wildman–Crippen MR) is 75.6 cm³/mol. The maximum atomic E-state index is 6.09. The van der Waals surface area contributed by atoms with Gasteiger partial charge in [-0.25, -0.2) is 0 Å². The molecule has 2 unspecified atom stereocenters. The zero-order valence-electron chi connectivity index (χ0n) is 11.7. The minimum Gasteiger partial charge on any atom is -0.490 e.